The van der Waals surface area contributed by atoms with E-state index in [9.17, 15) is 35.2 Å². The van der Waals surface area contributed by atoms with Crippen LogP contribution in [0.1, 0.15) is 24.8 Å². The Labute approximate surface area is 223 Å². The summed E-state index contributed by atoms with van der Waals surface area (Å²) < 4.78 is 82.9. The van der Waals surface area contributed by atoms with Gasteiger partial charge in [-0.3, -0.25) is 14.3 Å². The van der Waals surface area contributed by atoms with Crippen LogP contribution < -0.4 is 10.0 Å². The van der Waals surface area contributed by atoms with Crippen molar-refractivity contribution in [3.8, 4) is 0 Å². The molecule has 1 unspecified atom stereocenters. The minimum atomic E-state index is -4.41. The predicted octanol–water partition coefficient (Wildman–Crippen LogP) is 2.49. The SMILES string of the molecule is CS(=O)(=O)Nc1ccc2c(c1)S(=O)(=O)N=C(C1C(=O)[C@@H]3[C@H]4CC[C@H](C4)[C@@H]3N(Cc3ccc(F)c(F)c3)C1=O)N2. The fourth-order valence-electron chi connectivity index (χ4n) is 6.59. The van der Waals surface area contributed by atoms with Gasteiger partial charge in [0, 0.05) is 24.2 Å². The molecule has 2 aliphatic carbocycles. The number of amidine groups is 1. The number of anilines is 2. The number of hydrogen-bond donors (Lipinski definition) is 2. The second-order valence-electron chi connectivity index (χ2n) is 10.6. The highest BCUT2D eigenvalue weighted by Crippen LogP contribution is 2.54. The maximum Gasteiger partial charge on any atom is 0.286 e. The first kappa shape index (κ1) is 25.9. The molecule has 39 heavy (non-hydrogen) atoms. The highest BCUT2D eigenvalue weighted by atomic mass is 32.2. The zero-order valence-electron chi connectivity index (χ0n) is 20.6. The summed E-state index contributed by atoms with van der Waals surface area (Å²) in [6.45, 7) is -0.0681. The Bertz CT molecular complexity index is 1680. The lowest BCUT2D eigenvalue weighted by atomic mass is 9.73. The Morgan fingerprint density at radius 1 is 1.08 bits per heavy atom. The summed E-state index contributed by atoms with van der Waals surface area (Å²) in [4.78, 5) is 28.9. The number of nitrogens with one attached hydrogen (secondary N) is 2. The van der Waals surface area contributed by atoms with Crippen molar-refractivity contribution in [1.29, 1.82) is 0 Å². The van der Waals surface area contributed by atoms with Gasteiger partial charge in [0.25, 0.3) is 10.0 Å². The van der Waals surface area contributed by atoms with Gasteiger partial charge in [0.15, 0.2) is 23.3 Å². The molecule has 2 aromatic rings. The van der Waals surface area contributed by atoms with E-state index in [1.165, 1.54) is 23.1 Å². The first-order valence-corrected chi connectivity index (χ1v) is 15.7. The molecular formula is C25H24F2N4O6S2. The zero-order valence-corrected chi connectivity index (χ0v) is 22.2. The molecule has 2 heterocycles. The Kier molecular flexibility index (Phi) is 5.84. The maximum atomic E-state index is 14.0. The number of carbonyl (C=O) groups is 2. The average molecular weight is 579 g/mol. The molecule has 1 saturated heterocycles. The average Bonchev–Trinajstić information content (AvgIpc) is 3.46. The number of amides is 1. The monoisotopic (exact) mass is 578 g/mol. The number of nitrogens with zero attached hydrogens (tertiary/aromatic N) is 2. The van der Waals surface area contributed by atoms with E-state index < -0.39 is 61.2 Å². The standard InChI is InChI=1S/C25H24F2N4O6S2/c1-38(34,35)29-15-5-7-18-19(10-15)39(36,37)30-24(28-18)21-23(32)20-13-3-4-14(9-13)22(20)31(25(21)33)11-12-2-6-16(26)17(27)8-12/h2,5-8,10,13-14,20-22,29H,3-4,9,11H2,1H3,(H,28,30)/t13-,14+,20+,21?,22-/m0/s1. The Hall–Kier alpha value is -3.39. The number of halogens is 2. The van der Waals surface area contributed by atoms with Crippen LogP contribution in [0.15, 0.2) is 45.7 Å². The van der Waals surface area contributed by atoms with Crippen LogP contribution in [0, 0.1) is 35.3 Å². The molecule has 4 aliphatic rings. The van der Waals surface area contributed by atoms with Gasteiger partial charge >= 0.3 is 0 Å². The van der Waals surface area contributed by atoms with Gasteiger partial charge in [-0.1, -0.05) is 6.07 Å². The molecule has 14 heteroatoms. The number of fused-ring (bicyclic) bond motifs is 6. The Morgan fingerprint density at radius 3 is 2.54 bits per heavy atom. The third-order valence-electron chi connectivity index (χ3n) is 8.03. The van der Waals surface area contributed by atoms with Crippen molar-refractivity contribution in [2.24, 2.45) is 28.1 Å². The van der Waals surface area contributed by atoms with Gasteiger partial charge in [-0.25, -0.2) is 17.2 Å². The van der Waals surface area contributed by atoms with Crippen LogP contribution in [0.5, 0.6) is 0 Å². The summed E-state index contributed by atoms with van der Waals surface area (Å²) >= 11 is 0. The summed E-state index contributed by atoms with van der Waals surface area (Å²) in [5.74, 6) is -5.39. The van der Waals surface area contributed by atoms with Gasteiger partial charge in [0.05, 0.1) is 11.9 Å². The molecule has 2 aromatic carbocycles. The van der Waals surface area contributed by atoms with E-state index in [-0.39, 0.29) is 40.5 Å². The number of hydrogen-bond acceptors (Lipinski definition) is 7. The van der Waals surface area contributed by atoms with Gasteiger partial charge in [-0.05, 0) is 67.0 Å². The molecule has 2 saturated carbocycles. The lowest BCUT2D eigenvalue weighted by Crippen LogP contribution is -2.61. The second kappa shape index (κ2) is 8.81. The van der Waals surface area contributed by atoms with Crippen molar-refractivity contribution < 1.29 is 35.2 Å². The van der Waals surface area contributed by atoms with Crippen molar-refractivity contribution >= 4 is 48.9 Å². The van der Waals surface area contributed by atoms with Crippen molar-refractivity contribution in [2.75, 3.05) is 16.3 Å². The van der Waals surface area contributed by atoms with E-state index >= 15 is 0 Å². The number of ketones is 1. The molecule has 10 nitrogen and oxygen atoms in total. The van der Waals surface area contributed by atoms with E-state index in [1.807, 2.05) is 0 Å². The molecule has 0 aromatic heterocycles. The van der Waals surface area contributed by atoms with Crippen LogP contribution in [0.4, 0.5) is 20.2 Å². The van der Waals surface area contributed by atoms with Crippen LogP contribution in [0.3, 0.4) is 0 Å². The minimum absolute atomic E-state index is 0.00706. The van der Waals surface area contributed by atoms with Crippen molar-refractivity contribution in [2.45, 2.75) is 36.7 Å². The molecule has 206 valence electrons. The Morgan fingerprint density at radius 2 is 1.82 bits per heavy atom. The molecule has 2 N–H and O–H groups in total. The van der Waals surface area contributed by atoms with Gasteiger partial charge < -0.3 is 10.2 Å². The third kappa shape index (κ3) is 4.39. The first-order valence-electron chi connectivity index (χ1n) is 12.3. The predicted molar refractivity (Wildman–Crippen MR) is 137 cm³/mol. The molecule has 0 radical (unpaired) electrons. The molecule has 2 bridgehead atoms. The van der Waals surface area contributed by atoms with Gasteiger partial charge in [-0.2, -0.15) is 8.42 Å². The van der Waals surface area contributed by atoms with Crippen LogP contribution in [-0.2, 0) is 36.2 Å². The molecule has 2 aliphatic heterocycles. The summed E-state index contributed by atoms with van der Waals surface area (Å²) in [5, 5.41) is 2.81. The second-order valence-corrected chi connectivity index (χ2v) is 13.9. The summed E-state index contributed by atoms with van der Waals surface area (Å²) in [5.41, 5.74) is 0.397. The molecule has 6 rings (SSSR count). The van der Waals surface area contributed by atoms with E-state index in [0.29, 0.717) is 5.56 Å². The number of piperidine rings is 1. The number of Topliss-reactive ketones (excluding diaryl/α,β-unsaturated/α-hetero) is 1. The van der Waals surface area contributed by atoms with Crippen LogP contribution in [-0.4, -0.2) is 51.6 Å². The van der Waals surface area contributed by atoms with Crippen LogP contribution in [0.2, 0.25) is 0 Å². The van der Waals surface area contributed by atoms with Gasteiger partial charge in [-0.15, -0.1) is 4.40 Å². The third-order valence-corrected chi connectivity index (χ3v) is 9.97. The fraction of sp³-hybridized carbons (Fsp3) is 0.400. The normalized spacial score (nSPS) is 28.9. The van der Waals surface area contributed by atoms with E-state index in [1.54, 1.807) is 0 Å². The van der Waals surface area contributed by atoms with Crippen LogP contribution >= 0.6 is 0 Å². The van der Waals surface area contributed by atoms with Gasteiger partial charge in [0.1, 0.15) is 10.7 Å². The van der Waals surface area contributed by atoms with Crippen molar-refractivity contribution in [1.82, 2.24) is 4.90 Å². The fourth-order valence-corrected chi connectivity index (χ4v) is 8.32. The quantitative estimate of drug-likeness (QED) is 0.519. The van der Waals surface area contributed by atoms with Crippen LogP contribution in [0.25, 0.3) is 0 Å². The number of carbonyl (C=O) groups excluding carboxylic acids is 2. The maximum absolute atomic E-state index is 14.0. The number of benzene rings is 2. The zero-order chi connectivity index (χ0) is 27.9. The first-order chi connectivity index (χ1) is 18.3. The van der Waals surface area contributed by atoms with E-state index in [0.717, 1.165) is 43.7 Å². The number of sulfonamides is 2. The summed E-state index contributed by atoms with van der Waals surface area (Å²) in [7, 11) is -8.08. The topological polar surface area (TPSA) is 142 Å². The molecule has 0 spiro atoms. The highest BCUT2D eigenvalue weighted by molar-refractivity contribution is 7.92. The largest absolute Gasteiger partial charge is 0.341 e. The molecule has 1 amide bonds. The Balaban J connectivity index is 1.38. The molecule has 5 atom stereocenters. The van der Waals surface area contributed by atoms with E-state index in [4.69, 9.17) is 0 Å². The van der Waals surface area contributed by atoms with Crippen molar-refractivity contribution in [3.63, 3.8) is 0 Å². The lowest BCUT2D eigenvalue weighted by molar-refractivity contribution is -0.153. The highest BCUT2D eigenvalue weighted by Gasteiger charge is 2.60. The smallest absolute Gasteiger partial charge is 0.286 e. The lowest BCUT2D eigenvalue weighted by Gasteiger charge is -2.45. The summed E-state index contributed by atoms with van der Waals surface area (Å²) in [6, 6.07) is 6.72. The number of likely N-dealkylation sites (tertiary alicyclic amines) is 1. The molecular weight excluding hydrogens is 554 g/mol. The number of rotatable bonds is 5. The molecule has 3 fully saturated rings. The minimum Gasteiger partial charge on any atom is -0.341 e. The summed E-state index contributed by atoms with van der Waals surface area (Å²) in [6.07, 6.45) is 3.34. The van der Waals surface area contributed by atoms with Gasteiger partial charge in [0.2, 0.25) is 15.9 Å². The van der Waals surface area contributed by atoms with E-state index in [2.05, 4.69) is 14.4 Å². The van der Waals surface area contributed by atoms with Crippen molar-refractivity contribution in [3.05, 3.63) is 53.6 Å².